The maximum Gasteiger partial charge on any atom is 0.231 e. The predicted molar refractivity (Wildman–Crippen MR) is 89.6 cm³/mol. The lowest BCUT2D eigenvalue weighted by Crippen LogP contribution is -2.27. The summed E-state index contributed by atoms with van der Waals surface area (Å²) in [5, 5.41) is 16.7. The molecule has 1 aliphatic carbocycles. The number of anilines is 3. The smallest absolute Gasteiger partial charge is 0.231 e. The summed E-state index contributed by atoms with van der Waals surface area (Å²) >= 11 is 0. The van der Waals surface area contributed by atoms with Crippen molar-refractivity contribution in [2.45, 2.75) is 25.3 Å². The Morgan fingerprint density at radius 2 is 2.13 bits per heavy atom. The lowest BCUT2D eigenvalue weighted by atomic mass is 9.93. The zero-order valence-corrected chi connectivity index (χ0v) is 12.5. The van der Waals surface area contributed by atoms with Crippen molar-refractivity contribution in [2.24, 2.45) is 0 Å². The summed E-state index contributed by atoms with van der Waals surface area (Å²) in [6, 6.07) is 11.9. The predicted octanol–water partition coefficient (Wildman–Crippen LogP) is 3.54. The second-order valence-corrected chi connectivity index (χ2v) is 5.73. The molecular weight excluding hydrogens is 288 g/mol. The molecule has 0 saturated heterocycles. The van der Waals surface area contributed by atoms with Crippen LogP contribution in [-0.4, -0.2) is 21.0 Å². The van der Waals surface area contributed by atoms with E-state index in [1.54, 1.807) is 12.1 Å². The maximum absolute atomic E-state index is 8.99. The van der Waals surface area contributed by atoms with Gasteiger partial charge in [0.1, 0.15) is 11.5 Å². The number of nitrogens with one attached hydrogen (secondary N) is 3. The normalized spacial score (nSPS) is 14.2. The van der Waals surface area contributed by atoms with E-state index in [1.165, 1.54) is 19.3 Å². The summed E-state index contributed by atoms with van der Waals surface area (Å²) in [7, 11) is 0. The highest BCUT2D eigenvalue weighted by Gasteiger charge is 2.19. The second-order valence-electron chi connectivity index (χ2n) is 5.73. The van der Waals surface area contributed by atoms with E-state index in [9.17, 15) is 0 Å². The van der Waals surface area contributed by atoms with E-state index in [1.807, 2.05) is 24.4 Å². The first-order valence-corrected chi connectivity index (χ1v) is 7.71. The van der Waals surface area contributed by atoms with Gasteiger partial charge in [0.15, 0.2) is 0 Å². The lowest BCUT2D eigenvalue weighted by molar-refractivity contribution is 0.445. The highest BCUT2D eigenvalue weighted by molar-refractivity contribution is 5.88. The van der Waals surface area contributed by atoms with Crippen LogP contribution in [-0.2, 0) is 0 Å². The number of aromatic amines is 1. The number of benzene rings is 1. The van der Waals surface area contributed by atoms with Crippen molar-refractivity contribution in [2.75, 3.05) is 10.6 Å². The minimum Gasteiger partial charge on any atom is -0.367 e. The van der Waals surface area contributed by atoms with E-state index in [-0.39, 0.29) is 0 Å². The van der Waals surface area contributed by atoms with Crippen LogP contribution < -0.4 is 10.6 Å². The van der Waals surface area contributed by atoms with Crippen molar-refractivity contribution < 1.29 is 0 Å². The number of hydrogen-bond acceptors (Lipinski definition) is 5. The topological polar surface area (TPSA) is 89.4 Å². The fourth-order valence-corrected chi connectivity index (χ4v) is 2.65. The van der Waals surface area contributed by atoms with E-state index >= 15 is 0 Å². The van der Waals surface area contributed by atoms with Crippen LogP contribution in [0.5, 0.6) is 0 Å². The van der Waals surface area contributed by atoms with Gasteiger partial charge in [0.2, 0.25) is 5.95 Å². The largest absolute Gasteiger partial charge is 0.367 e. The Morgan fingerprint density at radius 1 is 1.22 bits per heavy atom. The number of fused-ring (bicyclic) bond motifs is 1. The van der Waals surface area contributed by atoms with Gasteiger partial charge in [-0.1, -0.05) is 6.07 Å². The lowest BCUT2D eigenvalue weighted by Gasteiger charge is -2.27. The Balaban J connectivity index is 1.67. The van der Waals surface area contributed by atoms with Crippen LogP contribution >= 0.6 is 0 Å². The van der Waals surface area contributed by atoms with Gasteiger partial charge in [-0.3, -0.25) is 0 Å². The molecule has 3 N–H and O–H groups in total. The van der Waals surface area contributed by atoms with Gasteiger partial charge in [0.25, 0.3) is 0 Å². The Bertz CT molecular complexity index is 887. The molecule has 0 aliphatic heterocycles. The molecule has 0 atom stereocenters. The van der Waals surface area contributed by atoms with Crippen LogP contribution in [0.3, 0.4) is 0 Å². The van der Waals surface area contributed by atoms with Gasteiger partial charge in [0.05, 0.1) is 17.0 Å². The fourth-order valence-electron chi connectivity index (χ4n) is 2.65. The molecule has 1 aromatic carbocycles. The minimum absolute atomic E-state index is 0.498. The van der Waals surface area contributed by atoms with E-state index in [0.29, 0.717) is 17.6 Å². The van der Waals surface area contributed by atoms with Gasteiger partial charge < -0.3 is 15.6 Å². The van der Waals surface area contributed by atoms with Gasteiger partial charge in [-0.15, -0.1) is 0 Å². The third-order valence-corrected chi connectivity index (χ3v) is 4.11. The molecule has 1 aliphatic rings. The Kier molecular flexibility index (Phi) is 3.31. The summed E-state index contributed by atoms with van der Waals surface area (Å²) in [5.74, 6) is 1.36. The van der Waals surface area contributed by atoms with Gasteiger partial charge in [-0.05, 0) is 43.5 Å². The summed E-state index contributed by atoms with van der Waals surface area (Å²) in [4.78, 5) is 12.2. The minimum atomic E-state index is 0.498. The average Bonchev–Trinajstić information content (AvgIpc) is 2.99. The molecule has 4 rings (SSSR count). The molecule has 3 aromatic rings. The zero-order valence-electron chi connectivity index (χ0n) is 12.5. The molecule has 6 nitrogen and oxygen atoms in total. The Labute approximate surface area is 133 Å². The third kappa shape index (κ3) is 2.69. The number of nitrogens with zero attached hydrogens (tertiary/aromatic N) is 3. The standard InChI is InChI=1S/C17H16N6/c18-10-11-3-1-6-13(9-11)21-17-22-15-14(7-8-19-15)16(23-17)20-12-4-2-5-12/h1,3,6-9,12H,2,4-5H2,(H3,19,20,21,22,23). The van der Waals surface area contributed by atoms with Gasteiger partial charge in [0, 0.05) is 17.9 Å². The molecule has 1 fully saturated rings. The number of rotatable bonds is 4. The summed E-state index contributed by atoms with van der Waals surface area (Å²) in [6.45, 7) is 0. The second kappa shape index (κ2) is 5.61. The average molecular weight is 304 g/mol. The van der Waals surface area contributed by atoms with Crippen molar-refractivity contribution >= 4 is 28.5 Å². The van der Waals surface area contributed by atoms with Crippen molar-refractivity contribution in [1.82, 2.24) is 15.0 Å². The SMILES string of the molecule is N#Cc1cccc(Nc2nc(NC3CCC3)c3cc[nH]c3n2)c1. The van der Waals surface area contributed by atoms with Crippen LogP contribution in [0.1, 0.15) is 24.8 Å². The molecular formula is C17H16N6. The van der Waals surface area contributed by atoms with Crippen molar-refractivity contribution in [1.29, 1.82) is 5.26 Å². The summed E-state index contributed by atoms with van der Waals surface area (Å²) in [6.07, 6.45) is 5.50. The molecule has 0 unspecified atom stereocenters. The summed E-state index contributed by atoms with van der Waals surface area (Å²) in [5.41, 5.74) is 2.19. The number of aromatic nitrogens is 3. The van der Waals surface area contributed by atoms with Crippen molar-refractivity contribution in [3.63, 3.8) is 0 Å². The van der Waals surface area contributed by atoms with Gasteiger partial charge in [-0.2, -0.15) is 15.2 Å². The van der Waals surface area contributed by atoms with E-state index < -0.39 is 0 Å². The quantitative estimate of drug-likeness (QED) is 0.686. The molecule has 0 radical (unpaired) electrons. The molecule has 0 amide bonds. The van der Waals surface area contributed by atoms with E-state index in [4.69, 9.17) is 5.26 Å². The zero-order chi connectivity index (χ0) is 15.6. The first-order chi connectivity index (χ1) is 11.3. The van der Waals surface area contributed by atoms with E-state index in [0.717, 1.165) is 22.5 Å². The van der Waals surface area contributed by atoms with E-state index in [2.05, 4.69) is 31.7 Å². The molecule has 0 spiro atoms. The molecule has 114 valence electrons. The number of H-pyrrole nitrogens is 1. The van der Waals surface area contributed by atoms with Crippen molar-refractivity contribution in [3.05, 3.63) is 42.1 Å². The van der Waals surface area contributed by atoms with Gasteiger partial charge in [-0.25, -0.2) is 0 Å². The van der Waals surface area contributed by atoms with Gasteiger partial charge >= 0.3 is 0 Å². The molecule has 0 bridgehead atoms. The van der Waals surface area contributed by atoms with Crippen LogP contribution in [0, 0.1) is 11.3 Å². The number of hydrogen-bond donors (Lipinski definition) is 3. The third-order valence-electron chi connectivity index (χ3n) is 4.11. The highest BCUT2D eigenvalue weighted by Crippen LogP contribution is 2.28. The van der Waals surface area contributed by atoms with Crippen LogP contribution in [0.4, 0.5) is 17.5 Å². The van der Waals surface area contributed by atoms with Crippen LogP contribution in [0.25, 0.3) is 11.0 Å². The monoisotopic (exact) mass is 304 g/mol. The molecule has 6 heteroatoms. The Morgan fingerprint density at radius 3 is 2.91 bits per heavy atom. The molecule has 23 heavy (non-hydrogen) atoms. The molecule has 1 saturated carbocycles. The fraction of sp³-hybridized carbons (Fsp3) is 0.235. The maximum atomic E-state index is 8.99. The van der Waals surface area contributed by atoms with Crippen molar-refractivity contribution in [3.8, 4) is 6.07 Å². The Hall–Kier alpha value is -3.07. The highest BCUT2D eigenvalue weighted by atomic mass is 15.2. The molecule has 2 heterocycles. The summed E-state index contributed by atoms with van der Waals surface area (Å²) < 4.78 is 0. The first kappa shape index (κ1) is 13.6. The molecule has 2 aromatic heterocycles. The van der Waals surface area contributed by atoms with Crippen LogP contribution in [0.2, 0.25) is 0 Å². The van der Waals surface area contributed by atoms with Crippen LogP contribution in [0.15, 0.2) is 36.5 Å². The first-order valence-electron chi connectivity index (χ1n) is 7.71. The number of nitriles is 1.